The zero-order valence-corrected chi connectivity index (χ0v) is 9.89. The highest BCUT2D eigenvalue weighted by Crippen LogP contribution is 2.22. The van der Waals surface area contributed by atoms with Gasteiger partial charge >= 0.3 is 0 Å². The fourth-order valence-corrected chi connectivity index (χ4v) is 2.14. The fourth-order valence-electron chi connectivity index (χ4n) is 2.14. The van der Waals surface area contributed by atoms with Crippen molar-refractivity contribution >= 4 is 0 Å². The van der Waals surface area contributed by atoms with Crippen molar-refractivity contribution in [1.82, 2.24) is 14.5 Å². The summed E-state index contributed by atoms with van der Waals surface area (Å²) in [7, 11) is 1.88. The molecule has 1 fully saturated rings. The van der Waals surface area contributed by atoms with Crippen molar-refractivity contribution in [2.45, 2.75) is 19.4 Å². The lowest BCUT2D eigenvalue weighted by Gasteiger charge is -2.32. The molecule has 1 aromatic rings. The van der Waals surface area contributed by atoms with Crippen molar-refractivity contribution in [2.24, 2.45) is 7.05 Å². The van der Waals surface area contributed by atoms with Crippen LogP contribution in [0.25, 0.3) is 0 Å². The number of aromatic hydroxyl groups is 1. The fraction of sp³-hybridized carbons (Fsp3) is 0.727. The van der Waals surface area contributed by atoms with Crippen LogP contribution in [0.2, 0.25) is 0 Å². The minimum absolute atomic E-state index is 0.0220. The Balaban J connectivity index is 2.06. The van der Waals surface area contributed by atoms with E-state index < -0.39 is 0 Å². The predicted octanol–water partition coefficient (Wildman–Crippen LogP) is 0.909. The van der Waals surface area contributed by atoms with Crippen LogP contribution in [0, 0.1) is 0 Å². The Labute approximate surface area is 95.7 Å². The summed E-state index contributed by atoms with van der Waals surface area (Å²) in [6, 6.07) is 0. The van der Waals surface area contributed by atoms with E-state index in [4.69, 9.17) is 4.74 Å². The van der Waals surface area contributed by atoms with Gasteiger partial charge in [-0.25, -0.2) is 0 Å². The molecule has 0 aromatic carbocycles. The van der Waals surface area contributed by atoms with Crippen molar-refractivity contribution < 1.29 is 9.84 Å². The molecule has 1 aromatic heterocycles. The van der Waals surface area contributed by atoms with Crippen molar-refractivity contribution in [2.75, 3.05) is 26.2 Å². The molecule has 1 atom stereocenters. The van der Waals surface area contributed by atoms with Crippen LogP contribution >= 0.6 is 0 Å². The molecule has 0 spiro atoms. The van der Waals surface area contributed by atoms with E-state index in [1.165, 1.54) is 0 Å². The Morgan fingerprint density at radius 1 is 1.62 bits per heavy atom. The van der Waals surface area contributed by atoms with Gasteiger partial charge in [-0.05, 0) is 13.0 Å². The third kappa shape index (κ3) is 2.36. The molecule has 0 aliphatic carbocycles. The van der Waals surface area contributed by atoms with Crippen LogP contribution in [-0.2, 0) is 11.8 Å². The molecule has 5 nitrogen and oxygen atoms in total. The quantitative estimate of drug-likeness (QED) is 0.830. The lowest BCUT2D eigenvalue weighted by molar-refractivity contribution is -0.0354. The van der Waals surface area contributed by atoms with Crippen LogP contribution in [0.4, 0.5) is 0 Å². The van der Waals surface area contributed by atoms with E-state index in [2.05, 4.69) is 16.8 Å². The standard InChI is InChI=1S/C11H19N3O2/c1-3-4-14-5-6-16-9(7-14)11-12-10(15)8-13(11)2/h8-9,15H,3-7H2,1-2H3. The van der Waals surface area contributed by atoms with Gasteiger partial charge in [0.1, 0.15) is 11.9 Å². The van der Waals surface area contributed by atoms with Crippen LogP contribution in [0.5, 0.6) is 5.88 Å². The van der Waals surface area contributed by atoms with Crippen molar-refractivity contribution in [3.8, 4) is 5.88 Å². The van der Waals surface area contributed by atoms with Crippen molar-refractivity contribution in [1.29, 1.82) is 0 Å². The van der Waals surface area contributed by atoms with E-state index >= 15 is 0 Å². The minimum Gasteiger partial charge on any atom is -0.492 e. The molecule has 1 saturated heterocycles. The molecule has 0 bridgehead atoms. The van der Waals surface area contributed by atoms with Crippen LogP contribution in [0.1, 0.15) is 25.3 Å². The number of imidazole rings is 1. The highest BCUT2D eigenvalue weighted by Gasteiger charge is 2.25. The predicted molar refractivity (Wildman–Crippen MR) is 60.3 cm³/mol. The van der Waals surface area contributed by atoms with E-state index in [1.54, 1.807) is 6.20 Å². The summed E-state index contributed by atoms with van der Waals surface area (Å²) in [4.78, 5) is 6.47. The molecule has 0 amide bonds. The number of nitrogens with zero attached hydrogens (tertiary/aromatic N) is 3. The third-order valence-corrected chi connectivity index (χ3v) is 2.88. The summed E-state index contributed by atoms with van der Waals surface area (Å²) in [6.07, 6.45) is 2.74. The van der Waals surface area contributed by atoms with Gasteiger partial charge in [-0.15, -0.1) is 0 Å². The van der Waals surface area contributed by atoms with Crippen LogP contribution in [-0.4, -0.2) is 45.8 Å². The first-order chi connectivity index (χ1) is 7.70. The Morgan fingerprint density at radius 2 is 2.44 bits per heavy atom. The van der Waals surface area contributed by atoms with Gasteiger partial charge < -0.3 is 14.4 Å². The smallest absolute Gasteiger partial charge is 0.229 e. The normalized spacial score (nSPS) is 22.5. The molecule has 90 valence electrons. The highest BCUT2D eigenvalue weighted by molar-refractivity contribution is 5.10. The Morgan fingerprint density at radius 3 is 3.06 bits per heavy atom. The number of aryl methyl sites for hydroxylation is 1. The van der Waals surface area contributed by atoms with Gasteiger partial charge in [0.05, 0.1) is 12.8 Å². The Bertz CT molecular complexity index is 349. The van der Waals surface area contributed by atoms with E-state index in [9.17, 15) is 5.11 Å². The maximum Gasteiger partial charge on any atom is 0.229 e. The lowest BCUT2D eigenvalue weighted by atomic mass is 10.2. The third-order valence-electron chi connectivity index (χ3n) is 2.88. The Hall–Kier alpha value is -1.07. The molecule has 1 N–H and O–H groups in total. The molecule has 1 unspecified atom stereocenters. The van der Waals surface area contributed by atoms with Gasteiger partial charge in [0, 0.05) is 20.1 Å². The van der Waals surface area contributed by atoms with Gasteiger partial charge in [-0.3, -0.25) is 4.90 Å². The first-order valence-electron chi connectivity index (χ1n) is 5.77. The van der Waals surface area contributed by atoms with Crippen LogP contribution in [0.15, 0.2) is 6.20 Å². The summed E-state index contributed by atoms with van der Waals surface area (Å²) in [5.41, 5.74) is 0. The van der Waals surface area contributed by atoms with E-state index in [0.717, 1.165) is 38.5 Å². The SMILES string of the molecule is CCCN1CCOC(c2nc(O)cn2C)C1. The minimum atomic E-state index is -0.0220. The van der Waals surface area contributed by atoms with Gasteiger partial charge in [-0.2, -0.15) is 4.98 Å². The molecular formula is C11H19N3O2. The van der Waals surface area contributed by atoms with E-state index in [-0.39, 0.29) is 12.0 Å². The number of hydrogen-bond acceptors (Lipinski definition) is 4. The molecule has 5 heteroatoms. The second-order valence-electron chi connectivity index (χ2n) is 4.23. The van der Waals surface area contributed by atoms with E-state index in [1.807, 2.05) is 11.6 Å². The summed E-state index contributed by atoms with van der Waals surface area (Å²) < 4.78 is 7.53. The zero-order chi connectivity index (χ0) is 11.5. The van der Waals surface area contributed by atoms with Crippen molar-refractivity contribution in [3.63, 3.8) is 0 Å². The largest absolute Gasteiger partial charge is 0.492 e. The number of ether oxygens (including phenoxy) is 1. The first-order valence-corrected chi connectivity index (χ1v) is 5.77. The van der Waals surface area contributed by atoms with Crippen LogP contribution < -0.4 is 0 Å². The highest BCUT2D eigenvalue weighted by atomic mass is 16.5. The molecule has 0 saturated carbocycles. The van der Waals surface area contributed by atoms with Crippen LogP contribution in [0.3, 0.4) is 0 Å². The molecule has 1 aliphatic heterocycles. The van der Waals surface area contributed by atoms with Gasteiger partial charge in [0.25, 0.3) is 0 Å². The first kappa shape index (κ1) is 11.4. The lowest BCUT2D eigenvalue weighted by Crippen LogP contribution is -2.39. The summed E-state index contributed by atoms with van der Waals surface area (Å²) in [5.74, 6) is 0.868. The molecular weight excluding hydrogens is 206 g/mol. The monoisotopic (exact) mass is 225 g/mol. The molecule has 0 radical (unpaired) electrons. The average molecular weight is 225 g/mol. The zero-order valence-electron chi connectivity index (χ0n) is 9.89. The Kier molecular flexibility index (Phi) is 3.46. The van der Waals surface area contributed by atoms with Gasteiger partial charge in [0.2, 0.25) is 5.88 Å². The van der Waals surface area contributed by atoms with E-state index in [0.29, 0.717) is 0 Å². The summed E-state index contributed by atoms with van der Waals surface area (Å²) in [6.45, 7) is 5.85. The average Bonchev–Trinajstić information content (AvgIpc) is 2.59. The molecule has 1 aliphatic rings. The second kappa shape index (κ2) is 4.84. The summed E-state index contributed by atoms with van der Waals surface area (Å²) >= 11 is 0. The summed E-state index contributed by atoms with van der Waals surface area (Å²) in [5, 5.41) is 9.33. The van der Waals surface area contributed by atoms with Gasteiger partial charge in [0.15, 0.2) is 0 Å². The molecule has 2 rings (SSSR count). The number of aromatic nitrogens is 2. The second-order valence-corrected chi connectivity index (χ2v) is 4.23. The number of hydrogen-bond donors (Lipinski definition) is 1. The number of morpholine rings is 1. The molecule has 16 heavy (non-hydrogen) atoms. The topological polar surface area (TPSA) is 50.5 Å². The molecule has 2 heterocycles. The number of rotatable bonds is 3. The maximum atomic E-state index is 9.33. The maximum absolute atomic E-state index is 9.33. The van der Waals surface area contributed by atoms with Gasteiger partial charge in [-0.1, -0.05) is 6.92 Å². The van der Waals surface area contributed by atoms with Crippen molar-refractivity contribution in [3.05, 3.63) is 12.0 Å².